The maximum Gasteiger partial charge on any atom is 0.319 e. The Labute approximate surface area is 203 Å². The molecule has 2 aromatic rings. The highest BCUT2D eigenvalue weighted by Gasteiger charge is 2.32. The molecule has 2 amide bonds. The van der Waals surface area contributed by atoms with E-state index in [1.54, 1.807) is 24.3 Å². The fourth-order valence-corrected chi connectivity index (χ4v) is 5.41. The molecule has 0 aromatic heterocycles. The van der Waals surface area contributed by atoms with Gasteiger partial charge in [0.2, 0.25) is 10.0 Å². The maximum atomic E-state index is 13.7. The van der Waals surface area contributed by atoms with Gasteiger partial charge in [-0.15, -0.1) is 0 Å². The van der Waals surface area contributed by atoms with Crippen molar-refractivity contribution in [2.75, 3.05) is 24.3 Å². The number of amides is 2. The average molecular weight is 495 g/mol. The van der Waals surface area contributed by atoms with Crippen molar-refractivity contribution < 1.29 is 13.2 Å². The van der Waals surface area contributed by atoms with Crippen LogP contribution in [0.3, 0.4) is 0 Å². The normalized spacial score (nSPS) is 12.8. The molecule has 182 valence electrons. The molecule has 2 rings (SSSR count). The highest BCUT2D eigenvalue weighted by Crippen LogP contribution is 2.30. The molecule has 0 aliphatic heterocycles. The molecule has 1 unspecified atom stereocenters. The Bertz CT molecular complexity index is 1070. The molecule has 0 aliphatic rings. The molecule has 0 saturated heterocycles. The number of benzene rings is 2. The predicted molar refractivity (Wildman–Crippen MR) is 137 cm³/mol. The van der Waals surface area contributed by atoms with Crippen molar-refractivity contribution in [1.29, 1.82) is 0 Å². The topological polar surface area (TPSA) is 81.8 Å². The van der Waals surface area contributed by atoms with Gasteiger partial charge >= 0.3 is 6.03 Å². The lowest BCUT2D eigenvalue weighted by atomic mass is 10.1. The Morgan fingerprint density at radius 3 is 2.24 bits per heavy atom. The summed E-state index contributed by atoms with van der Waals surface area (Å²) in [4.78, 5) is 14.3. The smallest absolute Gasteiger partial charge is 0.319 e. The molecule has 0 heterocycles. The maximum absolute atomic E-state index is 13.7. The molecule has 0 spiro atoms. The first-order valence-electron chi connectivity index (χ1n) is 11.0. The Kier molecular flexibility index (Phi) is 9.17. The second-order valence-electron chi connectivity index (χ2n) is 8.98. The van der Waals surface area contributed by atoms with Crippen LogP contribution in [0.4, 0.5) is 16.2 Å². The Morgan fingerprint density at radius 1 is 1.03 bits per heavy atom. The van der Waals surface area contributed by atoms with Gasteiger partial charge in [-0.1, -0.05) is 31.5 Å². The minimum atomic E-state index is -3.83. The van der Waals surface area contributed by atoms with Gasteiger partial charge in [0.05, 0.1) is 4.90 Å². The average Bonchev–Trinajstić information content (AvgIpc) is 2.70. The first kappa shape index (κ1) is 27.0. The fraction of sp³-hybridized carbons (Fsp3) is 0.458. The van der Waals surface area contributed by atoms with Crippen molar-refractivity contribution in [3.8, 4) is 0 Å². The van der Waals surface area contributed by atoms with E-state index in [0.717, 1.165) is 11.3 Å². The van der Waals surface area contributed by atoms with Gasteiger partial charge in [0.1, 0.15) is 0 Å². The number of nitrogens with zero attached hydrogens (tertiary/aromatic N) is 2. The van der Waals surface area contributed by atoms with Crippen LogP contribution >= 0.6 is 11.6 Å². The molecule has 0 aliphatic carbocycles. The van der Waals surface area contributed by atoms with Gasteiger partial charge < -0.3 is 15.5 Å². The summed E-state index contributed by atoms with van der Waals surface area (Å²) in [6, 6.07) is 11.2. The van der Waals surface area contributed by atoms with Gasteiger partial charge in [0, 0.05) is 49.1 Å². The number of carbonyl (C=O) groups excluding carboxylic acids is 1. The Balaban J connectivity index is 2.52. The predicted octanol–water partition coefficient (Wildman–Crippen LogP) is 5.17. The lowest BCUT2D eigenvalue weighted by Crippen LogP contribution is -2.41. The van der Waals surface area contributed by atoms with Crippen LogP contribution in [0.2, 0.25) is 5.02 Å². The zero-order chi connectivity index (χ0) is 24.9. The number of anilines is 2. The zero-order valence-corrected chi connectivity index (χ0v) is 22.0. The van der Waals surface area contributed by atoms with Crippen LogP contribution in [0.15, 0.2) is 47.4 Å². The number of rotatable bonds is 9. The second-order valence-corrected chi connectivity index (χ2v) is 11.3. The van der Waals surface area contributed by atoms with Crippen molar-refractivity contribution in [3.05, 3.63) is 53.1 Å². The summed E-state index contributed by atoms with van der Waals surface area (Å²) >= 11 is 6.09. The number of carbonyl (C=O) groups is 1. The third-order valence-electron chi connectivity index (χ3n) is 5.39. The molecule has 33 heavy (non-hydrogen) atoms. The van der Waals surface area contributed by atoms with Crippen molar-refractivity contribution in [1.82, 2.24) is 9.62 Å². The number of nitrogens with one attached hydrogen (secondary N) is 2. The largest absolute Gasteiger partial charge is 0.377 e. The SMILES string of the molecule is CC(C)NC(=O)Nc1ccc(N(C)C)c(CN(C(C)C(C)C)S(=O)(=O)c2cccc(Cl)c2)c1. The van der Waals surface area contributed by atoms with Gasteiger partial charge in [-0.25, -0.2) is 13.2 Å². The summed E-state index contributed by atoms with van der Waals surface area (Å²) in [5.41, 5.74) is 2.23. The molecule has 7 nitrogen and oxygen atoms in total. The van der Waals surface area contributed by atoms with Crippen LogP contribution in [0, 0.1) is 5.92 Å². The number of urea groups is 1. The minimum absolute atomic E-state index is 0.00394. The quantitative estimate of drug-likeness (QED) is 0.503. The highest BCUT2D eigenvalue weighted by atomic mass is 35.5. The van der Waals surface area contributed by atoms with Crippen LogP contribution in [0.25, 0.3) is 0 Å². The van der Waals surface area contributed by atoms with E-state index < -0.39 is 10.0 Å². The van der Waals surface area contributed by atoms with Gasteiger partial charge in [-0.05, 0) is 68.7 Å². The first-order chi connectivity index (χ1) is 15.3. The van der Waals surface area contributed by atoms with Crippen LogP contribution in [-0.4, -0.2) is 44.9 Å². The monoisotopic (exact) mass is 494 g/mol. The first-order valence-corrected chi connectivity index (χ1v) is 12.8. The fourth-order valence-electron chi connectivity index (χ4n) is 3.37. The van der Waals surface area contributed by atoms with E-state index in [4.69, 9.17) is 11.6 Å². The van der Waals surface area contributed by atoms with E-state index in [9.17, 15) is 13.2 Å². The summed E-state index contributed by atoms with van der Waals surface area (Å²) in [5, 5.41) is 5.99. The molecule has 2 aromatic carbocycles. The number of hydrogen-bond donors (Lipinski definition) is 2. The van der Waals surface area contributed by atoms with Crippen molar-refractivity contribution in [2.24, 2.45) is 5.92 Å². The van der Waals surface area contributed by atoms with E-state index in [1.807, 2.05) is 65.7 Å². The van der Waals surface area contributed by atoms with E-state index in [-0.39, 0.29) is 35.5 Å². The van der Waals surface area contributed by atoms with E-state index in [0.29, 0.717) is 10.7 Å². The molecule has 0 saturated carbocycles. The highest BCUT2D eigenvalue weighted by molar-refractivity contribution is 7.89. The van der Waals surface area contributed by atoms with Crippen molar-refractivity contribution >= 4 is 39.0 Å². The summed E-state index contributed by atoms with van der Waals surface area (Å²) in [7, 11) is -0.0259. The van der Waals surface area contributed by atoms with Crippen LogP contribution in [0.5, 0.6) is 0 Å². The second kappa shape index (κ2) is 11.2. The third-order valence-corrected chi connectivity index (χ3v) is 7.55. The van der Waals surface area contributed by atoms with Crippen LogP contribution in [-0.2, 0) is 16.6 Å². The molecule has 9 heteroatoms. The van der Waals surface area contributed by atoms with E-state index in [2.05, 4.69) is 10.6 Å². The van der Waals surface area contributed by atoms with Crippen molar-refractivity contribution in [3.63, 3.8) is 0 Å². The summed E-state index contributed by atoms with van der Waals surface area (Å²) in [6.07, 6.45) is 0. The van der Waals surface area contributed by atoms with Crippen LogP contribution in [0.1, 0.15) is 40.2 Å². The molecular formula is C24H35ClN4O3S. The van der Waals surface area contributed by atoms with Gasteiger partial charge in [0.25, 0.3) is 0 Å². The molecule has 0 fully saturated rings. The Hall–Kier alpha value is -2.29. The van der Waals surface area contributed by atoms with Gasteiger partial charge in [0.15, 0.2) is 0 Å². The van der Waals surface area contributed by atoms with E-state index >= 15 is 0 Å². The van der Waals surface area contributed by atoms with Gasteiger partial charge in [-0.3, -0.25) is 0 Å². The number of halogens is 1. The minimum Gasteiger partial charge on any atom is -0.377 e. The standard InChI is InChI=1S/C24H35ClN4O3S/c1-16(2)18(5)29(33(31,32)22-10-8-9-20(25)14-22)15-19-13-21(11-12-23(19)28(6)7)27-24(30)26-17(3)4/h8-14,16-18H,15H2,1-7H3,(H2,26,27,30). The molecule has 0 bridgehead atoms. The zero-order valence-electron chi connectivity index (χ0n) is 20.4. The molecular weight excluding hydrogens is 460 g/mol. The lowest BCUT2D eigenvalue weighted by Gasteiger charge is -2.32. The number of sulfonamides is 1. The summed E-state index contributed by atoms with van der Waals surface area (Å²) < 4.78 is 28.9. The third kappa shape index (κ3) is 7.09. The van der Waals surface area contributed by atoms with E-state index in [1.165, 1.54) is 10.4 Å². The lowest BCUT2D eigenvalue weighted by molar-refractivity contribution is 0.250. The number of hydrogen-bond acceptors (Lipinski definition) is 4. The summed E-state index contributed by atoms with van der Waals surface area (Å²) in [6.45, 7) is 9.79. The van der Waals surface area contributed by atoms with Gasteiger partial charge in [-0.2, -0.15) is 4.31 Å². The summed E-state index contributed by atoms with van der Waals surface area (Å²) in [5.74, 6) is 0.0832. The Morgan fingerprint density at radius 2 is 1.70 bits per heavy atom. The molecule has 1 atom stereocenters. The molecule has 2 N–H and O–H groups in total. The molecule has 0 radical (unpaired) electrons. The van der Waals surface area contributed by atoms with Crippen molar-refractivity contribution in [2.45, 2.75) is 58.1 Å². The van der Waals surface area contributed by atoms with Crippen LogP contribution < -0.4 is 15.5 Å².